The number of hydrogen-bond acceptors (Lipinski definition) is 2. The van der Waals surface area contributed by atoms with E-state index in [4.69, 9.17) is 0 Å². The third-order valence-electron chi connectivity index (χ3n) is 2.32. The third-order valence-corrected chi connectivity index (χ3v) is 2.32. The van der Waals surface area contributed by atoms with Gasteiger partial charge in [-0.25, -0.2) is 4.79 Å². The summed E-state index contributed by atoms with van der Waals surface area (Å²) in [5, 5.41) is 0. The maximum atomic E-state index is 11.0. The smallest absolute Gasteiger partial charge is 0.313 e. The monoisotopic (exact) mass is 171 g/mol. The minimum atomic E-state index is -0.0408. The average molecular weight is 171 g/mol. The van der Waals surface area contributed by atoms with Crippen molar-refractivity contribution in [3.05, 3.63) is 0 Å². The number of hydrogen-bond donors (Lipinski definition) is 1. The van der Waals surface area contributed by atoms with Gasteiger partial charge in [0.25, 0.3) is 0 Å². The van der Waals surface area contributed by atoms with Gasteiger partial charge in [0.15, 0.2) is 0 Å². The van der Waals surface area contributed by atoms with Crippen LogP contribution >= 0.6 is 0 Å². The Labute approximate surface area is 71.7 Å². The minimum Gasteiger partial charge on any atom is -0.342 e. The zero-order valence-corrected chi connectivity index (χ0v) is 7.38. The number of rotatable bonds is 1. The molecule has 1 aliphatic heterocycles. The largest absolute Gasteiger partial charge is 0.342 e. The van der Waals surface area contributed by atoms with Crippen molar-refractivity contribution in [3.8, 4) is 0 Å². The fourth-order valence-corrected chi connectivity index (χ4v) is 1.53. The molecule has 4 nitrogen and oxygen atoms in total. The van der Waals surface area contributed by atoms with Crippen molar-refractivity contribution >= 4 is 11.8 Å². The van der Waals surface area contributed by atoms with Crippen molar-refractivity contribution < 1.29 is 15.3 Å². The van der Waals surface area contributed by atoms with E-state index in [-0.39, 0.29) is 17.7 Å². The molecule has 1 fully saturated rings. The maximum absolute atomic E-state index is 11.0. The first-order valence-corrected chi connectivity index (χ1v) is 4.22. The number of carbonyl (C=O) groups is 2. The molecule has 3 N–H and O–H groups in total. The molecule has 0 aliphatic carbocycles. The highest BCUT2D eigenvalue weighted by molar-refractivity contribution is 5.75. The van der Waals surface area contributed by atoms with Crippen LogP contribution in [0.25, 0.3) is 0 Å². The molecule has 1 aliphatic rings. The zero-order valence-electron chi connectivity index (χ0n) is 7.38. The fraction of sp³-hybridized carbons (Fsp3) is 0.750. The first-order valence-electron chi connectivity index (χ1n) is 4.22. The lowest BCUT2D eigenvalue weighted by Crippen LogP contribution is -2.63. The van der Waals surface area contributed by atoms with Gasteiger partial charge in [0.2, 0.25) is 5.91 Å². The van der Waals surface area contributed by atoms with Crippen LogP contribution in [0.15, 0.2) is 0 Å². The molecular formula is C8H15N2O2+. The predicted molar refractivity (Wildman–Crippen MR) is 42.9 cm³/mol. The van der Waals surface area contributed by atoms with E-state index in [9.17, 15) is 9.59 Å². The molecular weight excluding hydrogens is 156 g/mol. The van der Waals surface area contributed by atoms with Crippen LogP contribution in [0.1, 0.15) is 19.8 Å². The number of nitrogens with zero attached hydrogens (tertiary/aromatic N) is 1. The maximum Gasteiger partial charge on any atom is 0.313 e. The van der Waals surface area contributed by atoms with Gasteiger partial charge in [-0.15, -0.1) is 0 Å². The molecule has 2 amide bonds. The number of carbonyl (C=O) groups excluding carboxylic acids is 2. The van der Waals surface area contributed by atoms with Crippen LogP contribution in [0.5, 0.6) is 0 Å². The van der Waals surface area contributed by atoms with Crippen molar-refractivity contribution in [2.75, 3.05) is 13.1 Å². The number of amides is 2. The number of quaternary nitrogens is 1. The molecule has 4 heteroatoms. The van der Waals surface area contributed by atoms with Gasteiger partial charge in [-0.3, -0.25) is 10.5 Å². The summed E-state index contributed by atoms with van der Waals surface area (Å²) < 4.78 is 0. The average Bonchev–Trinajstić information content (AvgIpc) is 2.04. The molecule has 12 heavy (non-hydrogen) atoms. The van der Waals surface area contributed by atoms with Gasteiger partial charge >= 0.3 is 5.91 Å². The van der Waals surface area contributed by atoms with Gasteiger partial charge in [0.05, 0.1) is 5.92 Å². The topological polar surface area (TPSA) is 65.0 Å². The van der Waals surface area contributed by atoms with Crippen LogP contribution in [-0.4, -0.2) is 29.8 Å². The van der Waals surface area contributed by atoms with Crippen molar-refractivity contribution in [1.82, 2.24) is 4.90 Å². The van der Waals surface area contributed by atoms with E-state index < -0.39 is 0 Å². The Kier molecular flexibility index (Phi) is 2.81. The number of piperidine rings is 1. The van der Waals surface area contributed by atoms with Crippen LogP contribution in [-0.2, 0) is 9.59 Å². The van der Waals surface area contributed by atoms with Crippen LogP contribution in [0.2, 0.25) is 0 Å². The summed E-state index contributed by atoms with van der Waals surface area (Å²) in [6.45, 7) is 2.90. The molecule has 0 bridgehead atoms. The van der Waals surface area contributed by atoms with E-state index >= 15 is 0 Å². The highest BCUT2D eigenvalue weighted by Gasteiger charge is 2.27. The van der Waals surface area contributed by atoms with Crippen LogP contribution < -0.4 is 5.73 Å². The normalized spacial score (nSPS) is 23.8. The molecule has 0 aromatic heterocycles. The lowest BCUT2D eigenvalue weighted by atomic mass is 9.97. The molecule has 68 valence electrons. The first kappa shape index (κ1) is 9.19. The molecule has 0 aromatic carbocycles. The van der Waals surface area contributed by atoms with E-state index in [0.717, 1.165) is 19.4 Å². The summed E-state index contributed by atoms with van der Waals surface area (Å²) in [6.07, 6.45) is 1.80. The van der Waals surface area contributed by atoms with Gasteiger partial charge < -0.3 is 4.90 Å². The van der Waals surface area contributed by atoms with E-state index in [0.29, 0.717) is 6.54 Å². The lowest BCUT2D eigenvalue weighted by molar-refractivity contribution is -0.312. The van der Waals surface area contributed by atoms with Gasteiger partial charge in [0.1, 0.15) is 0 Å². The Morgan fingerprint density at radius 1 is 1.50 bits per heavy atom. The second kappa shape index (κ2) is 3.67. The summed E-state index contributed by atoms with van der Waals surface area (Å²) in [5.74, 6) is -0.00968. The van der Waals surface area contributed by atoms with Crippen molar-refractivity contribution in [1.29, 1.82) is 0 Å². The summed E-state index contributed by atoms with van der Waals surface area (Å²) in [6, 6.07) is 0. The SMILES string of the molecule is CC(=O)N1CCCC(C([NH3+])=O)C1. The van der Waals surface area contributed by atoms with Crippen molar-refractivity contribution in [3.63, 3.8) is 0 Å². The Bertz CT molecular complexity index is 183. The van der Waals surface area contributed by atoms with Crippen molar-refractivity contribution in [2.24, 2.45) is 5.92 Å². The Balaban J connectivity index is 2.51. The summed E-state index contributed by atoms with van der Waals surface area (Å²) >= 11 is 0. The molecule has 1 unspecified atom stereocenters. The highest BCUT2D eigenvalue weighted by Crippen LogP contribution is 2.15. The van der Waals surface area contributed by atoms with Crippen LogP contribution in [0.3, 0.4) is 0 Å². The van der Waals surface area contributed by atoms with Crippen LogP contribution in [0, 0.1) is 5.92 Å². The molecule has 1 atom stereocenters. The second-order valence-corrected chi connectivity index (χ2v) is 3.27. The molecule has 0 radical (unpaired) electrons. The molecule has 0 aromatic rings. The standard InChI is InChI=1S/C8H14N2O2/c1-6(11)10-4-2-3-7(5-10)8(9)12/h7H,2-5H2,1H3,(H2,9,12)/p+1. The van der Waals surface area contributed by atoms with E-state index in [1.165, 1.54) is 6.92 Å². The van der Waals surface area contributed by atoms with Gasteiger partial charge in [-0.1, -0.05) is 0 Å². The van der Waals surface area contributed by atoms with Gasteiger partial charge in [-0.2, -0.15) is 0 Å². The quantitative estimate of drug-likeness (QED) is 0.550. The summed E-state index contributed by atoms with van der Waals surface area (Å²) in [4.78, 5) is 23.6. The Morgan fingerprint density at radius 3 is 2.67 bits per heavy atom. The lowest BCUT2D eigenvalue weighted by Gasteiger charge is -2.29. The fourth-order valence-electron chi connectivity index (χ4n) is 1.53. The first-order chi connectivity index (χ1) is 5.61. The Hall–Kier alpha value is -0.900. The zero-order chi connectivity index (χ0) is 9.14. The molecule has 1 saturated heterocycles. The molecule has 1 heterocycles. The molecule has 0 saturated carbocycles. The second-order valence-electron chi connectivity index (χ2n) is 3.27. The highest BCUT2D eigenvalue weighted by atomic mass is 16.2. The van der Waals surface area contributed by atoms with E-state index in [2.05, 4.69) is 5.73 Å². The third kappa shape index (κ3) is 2.04. The molecule has 1 rings (SSSR count). The van der Waals surface area contributed by atoms with Gasteiger partial charge in [-0.05, 0) is 12.8 Å². The van der Waals surface area contributed by atoms with Crippen LogP contribution in [0.4, 0.5) is 0 Å². The minimum absolute atomic E-state index is 0.0253. The van der Waals surface area contributed by atoms with E-state index in [1.807, 2.05) is 0 Å². The number of likely N-dealkylation sites (tertiary alicyclic amines) is 1. The van der Waals surface area contributed by atoms with Gasteiger partial charge in [0, 0.05) is 20.0 Å². The van der Waals surface area contributed by atoms with Crippen molar-refractivity contribution in [2.45, 2.75) is 19.8 Å². The van der Waals surface area contributed by atoms with E-state index in [1.54, 1.807) is 4.90 Å². The Morgan fingerprint density at radius 2 is 2.17 bits per heavy atom. The summed E-state index contributed by atoms with van der Waals surface area (Å²) in [5.41, 5.74) is 3.38. The summed E-state index contributed by atoms with van der Waals surface area (Å²) in [7, 11) is 0. The predicted octanol–water partition coefficient (Wildman–Crippen LogP) is -0.987. The molecule has 0 spiro atoms.